The largest absolute Gasteiger partial charge is 0.262 e. The summed E-state index contributed by atoms with van der Waals surface area (Å²) in [5.74, 6) is 4.66. The summed E-state index contributed by atoms with van der Waals surface area (Å²) in [6.45, 7) is 11.2. The van der Waals surface area contributed by atoms with Crippen LogP contribution in [0.15, 0.2) is 0 Å². The van der Waals surface area contributed by atoms with Crippen molar-refractivity contribution in [3.05, 3.63) is 11.6 Å². The van der Waals surface area contributed by atoms with Gasteiger partial charge in [-0.3, -0.25) is 5.10 Å². The summed E-state index contributed by atoms with van der Waals surface area (Å²) in [4.78, 5) is 4.57. The molecule has 0 spiro atoms. The summed E-state index contributed by atoms with van der Waals surface area (Å²) in [6, 6.07) is 0. The second-order valence-corrected chi connectivity index (χ2v) is 7.21. The van der Waals surface area contributed by atoms with Crippen molar-refractivity contribution in [2.24, 2.45) is 23.7 Å². The summed E-state index contributed by atoms with van der Waals surface area (Å²) >= 11 is 6.71. The minimum absolute atomic E-state index is 0.0440. The monoisotopic (exact) mass is 283 g/mol. The lowest BCUT2D eigenvalue weighted by molar-refractivity contribution is 0.129. The lowest BCUT2D eigenvalue weighted by Gasteiger charge is -2.39. The molecule has 0 saturated heterocycles. The van der Waals surface area contributed by atoms with Crippen LogP contribution in [0.1, 0.15) is 70.4 Å². The van der Waals surface area contributed by atoms with Crippen LogP contribution in [0.2, 0.25) is 0 Å². The second-order valence-electron chi connectivity index (χ2n) is 6.74. The molecule has 108 valence electrons. The van der Waals surface area contributed by atoms with Gasteiger partial charge in [0.2, 0.25) is 0 Å². The fourth-order valence-electron chi connectivity index (χ4n) is 3.67. The lowest BCUT2D eigenvalue weighted by Crippen LogP contribution is -2.32. The fraction of sp³-hybridized carbons (Fsp3) is 0.867. The minimum Gasteiger partial charge on any atom is -0.262 e. The molecule has 1 saturated carbocycles. The average Bonchev–Trinajstić information content (AvgIpc) is 2.76. The minimum atomic E-state index is -0.0440. The number of hydrogen-bond acceptors (Lipinski definition) is 2. The van der Waals surface area contributed by atoms with Gasteiger partial charge in [-0.1, -0.05) is 34.6 Å². The maximum absolute atomic E-state index is 6.71. The van der Waals surface area contributed by atoms with E-state index in [2.05, 4.69) is 49.8 Å². The van der Waals surface area contributed by atoms with Crippen LogP contribution in [0.4, 0.5) is 0 Å². The van der Waals surface area contributed by atoms with E-state index in [0.29, 0.717) is 23.7 Å². The Balaban J connectivity index is 2.15. The van der Waals surface area contributed by atoms with Gasteiger partial charge in [-0.2, -0.15) is 5.10 Å². The molecule has 19 heavy (non-hydrogen) atoms. The zero-order valence-corrected chi connectivity index (χ0v) is 13.4. The van der Waals surface area contributed by atoms with Crippen molar-refractivity contribution >= 4 is 11.6 Å². The number of aromatic nitrogens is 3. The quantitative estimate of drug-likeness (QED) is 0.828. The highest BCUT2D eigenvalue weighted by molar-refractivity contribution is 6.20. The molecule has 4 heteroatoms. The molecule has 2 rings (SSSR count). The molecule has 0 amide bonds. The number of H-pyrrole nitrogens is 1. The first-order chi connectivity index (χ1) is 8.90. The van der Waals surface area contributed by atoms with E-state index < -0.39 is 0 Å². The molecule has 0 radical (unpaired) electrons. The Morgan fingerprint density at radius 2 is 1.74 bits per heavy atom. The van der Waals surface area contributed by atoms with E-state index in [1.165, 1.54) is 12.8 Å². The van der Waals surface area contributed by atoms with Gasteiger partial charge >= 0.3 is 0 Å². The van der Waals surface area contributed by atoms with Crippen molar-refractivity contribution in [3.8, 4) is 0 Å². The number of alkyl halides is 1. The average molecular weight is 284 g/mol. The summed E-state index contributed by atoms with van der Waals surface area (Å²) in [5, 5.41) is 7.28. The van der Waals surface area contributed by atoms with Crippen LogP contribution >= 0.6 is 11.6 Å². The van der Waals surface area contributed by atoms with Crippen LogP contribution in [0.25, 0.3) is 0 Å². The molecule has 3 atom stereocenters. The van der Waals surface area contributed by atoms with Crippen LogP contribution in [0.5, 0.6) is 0 Å². The van der Waals surface area contributed by atoms with Crippen molar-refractivity contribution in [2.45, 2.75) is 58.8 Å². The number of aromatic amines is 1. The van der Waals surface area contributed by atoms with Gasteiger partial charge in [0, 0.05) is 5.92 Å². The maximum atomic E-state index is 6.71. The molecule has 1 aromatic rings. The van der Waals surface area contributed by atoms with Crippen molar-refractivity contribution in [2.75, 3.05) is 0 Å². The van der Waals surface area contributed by atoms with E-state index in [9.17, 15) is 0 Å². The van der Waals surface area contributed by atoms with Gasteiger partial charge < -0.3 is 0 Å². The Labute approximate surface area is 121 Å². The summed E-state index contributed by atoms with van der Waals surface area (Å²) in [7, 11) is 0. The molecule has 1 aliphatic carbocycles. The first-order valence-corrected chi connectivity index (χ1v) is 7.90. The number of halogens is 1. The first kappa shape index (κ1) is 14.8. The highest BCUT2D eigenvalue weighted by Gasteiger charge is 2.37. The summed E-state index contributed by atoms with van der Waals surface area (Å²) in [6.07, 6.45) is 2.53. The third kappa shape index (κ3) is 3.13. The molecule has 1 aromatic heterocycles. The summed E-state index contributed by atoms with van der Waals surface area (Å²) < 4.78 is 0. The SMILES string of the molecule is CC1CC(C)C(C(Cl)c2nc(C(C)C)n[nH]2)C(C)C1. The normalized spacial score (nSPS) is 33.6. The molecule has 0 aromatic carbocycles. The van der Waals surface area contributed by atoms with Crippen molar-refractivity contribution in [3.63, 3.8) is 0 Å². The van der Waals surface area contributed by atoms with Gasteiger partial charge in [0.25, 0.3) is 0 Å². The Morgan fingerprint density at radius 3 is 2.21 bits per heavy atom. The van der Waals surface area contributed by atoms with Crippen LogP contribution in [0.3, 0.4) is 0 Å². The predicted molar refractivity (Wildman–Crippen MR) is 79.3 cm³/mol. The third-order valence-corrected chi connectivity index (χ3v) is 5.00. The first-order valence-electron chi connectivity index (χ1n) is 7.46. The highest BCUT2D eigenvalue weighted by Crippen LogP contribution is 2.46. The molecule has 1 N–H and O–H groups in total. The van der Waals surface area contributed by atoms with Gasteiger partial charge in [0.05, 0.1) is 5.38 Å². The van der Waals surface area contributed by atoms with Gasteiger partial charge in [0.15, 0.2) is 5.82 Å². The number of nitrogens with zero attached hydrogens (tertiary/aromatic N) is 2. The third-order valence-electron chi connectivity index (χ3n) is 4.50. The number of hydrogen-bond donors (Lipinski definition) is 1. The summed E-state index contributed by atoms with van der Waals surface area (Å²) in [5.41, 5.74) is 0. The van der Waals surface area contributed by atoms with E-state index in [0.717, 1.165) is 17.6 Å². The molecule has 1 heterocycles. The van der Waals surface area contributed by atoms with Crippen LogP contribution in [-0.4, -0.2) is 15.2 Å². The van der Waals surface area contributed by atoms with Crippen LogP contribution in [-0.2, 0) is 0 Å². The van der Waals surface area contributed by atoms with E-state index in [4.69, 9.17) is 11.6 Å². The maximum Gasteiger partial charge on any atom is 0.153 e. The van der Waals surface area contributed by atoms with E-state index in [1.807, 2.05) is 0 Å². The Hall–Kier alpha value is -0.570. The van der Waals surface area contributed by atoms with Crippen LogP contribution in [0, 0.1) is 23.7 Å². The standard InChI is InChI=1S/C15H26ClN3/c1-8(2)14-17-15(19-18-14)13(16)12-10(4)6-9(3)7-11(12)5/h8-13H,6-7H2,1-5H3,(H,17,18,19). The highest BCUT2D eigenvalue weighted by atomic mass is 35.5. The Kier molecular flexibility index (Phi) is 4.54. The van der Waals surface area contributed by atoms with Gasteiger partial charge in [0.1, 0.15) is 5.82 Å². The molecule has 3 nitrogen and oxygen atoms in total. The predicted octanol–water partition coefficient (Wildman–Crippen LogP) is 4.53. The van der Waals surface area contributed by atoms with E-state index >= 15 is 0 Å². The fourth-order valence-corrected chi connectivity index (χ4v) is 4.26. The second kappa shape index (κ2) is 5.82. The van der Waals surface area contributed by atoms with E-state index in [-0.39, 0.29) is 5.38 Å². The Morgan fingerprint density at radius 1 is 1.16 bits per heavy atom. The topological polar surface area (TPSA) is 41.6 Å². The van der Waals surface area contributed by atoms with Crippen LogP contribution < -0.4 is 0 Å². The zero-order chi connectivity index (χ0) is 14.2. The molecule has 3 unspecified atom stereocenters. The zero-order valence-electron chi connectivity index (χ0n) is 12.7. The lowest BCUT2D eigenvalue weighted by atomic mass is 9.68. The number of nitrogens with one attached hydrogen (secondary N) is 1. The molecule has 0 aliphatic heterocycles. The van der Waals surface area contributed by atoms with E-state index in [1.54, 1.807) is 0 Å². The smallest absolute Gasteiger partial charge is 0.153 e. The molecule has 1 fully saturated rings. The van der Waals surface area contributed by atoms with Gasteiger partial charge in [-0.25, -0.2) is 4.98 Å². The Bertz CT molecular complexity index is 403. The molecular weight excluding hydrogens is 258 g/mol. The molecule has 0 bridgehead atoms. The van der Waals surface area contributed by atoms with Crippen molar-refractivity contribution in [1.82, 2.24) is 15.2 Å². The van der Waals surface area contributed by atoms with Crippen molar-refractivity contribution < 1.29 is 0 Å². The number of rotatable bonds is 3. The van der Waals surface area contributed by atoms with Gasteiger partial charge in [-0.15, -0.1) is 11.6 Å². The molecule has 1 aliphatic rings. The molecular formula is C15H26ClN3. The van der Waals surface area contributed by atoms with Crippen molar-refractivity contribution in [1.29, 1.82) is 0 Å². The van der Waals surface area contributed by atoms with Gasteiger partial charge in [-0.05, 0) is 36.5 Å².